The van der Waals surface area contributed by atoms with Crippen LogP contribution in [0, 0.1) is 11.8 Å². The summed E-state index contributed by atoms with van der Waals surface area (Å²) in [6.07, 6.45) is 9.80. The molecular weight excluding hydrogens is 392 g/mol. The third-order valence-corrected chi connectivity index (χ3v) is 4.77. The summed E-state index contributed by atoms with van der Waals surface area (Å²) in [7, 11) is 0. The minimum absolute atomic E-state index is 0.0304. The highest BCUT2D eigenvalue weighted by atomic mass is 16.2. The van der Waals surface area contributed by atoms with Gasteiger partial charge in [0.1, 0.15) is 11.3 Å². The van der Waals surface area contributed by atoms with Crippen LogP contribution in [0.25, 0.3) is 17.0 Å². The molecule has 0 aromatic carbocycles. The van der Waals surface area contributed by atoms with Crippen LogP contribution in [0.1, 0.15) is 34.5 Å². The lowest BCUT2D eigenvalue weighted by Crippen LogP contribution is -2.31. The van der Waals surface area contributed by atoms with Gasteiger partial charge < -0.3 is 5.32 Å². The number of nitrogens with one attached hydrogen (secondary N) is 1. The molecule has 1 aliphatic rings. The smallest absolute Gasteiger partial charge is 0.257 e. The number of carbonyl (C=O) groups is 1. The first-order chi connectivity index (χ1) is 15.2. The van der Waals surface area contributed by atoms with Crippen LogP contribution in [0.2, 0.25) is 0 Å². The molecule has 1 amide bonds. The van der Waals surface area contributed by atoms with Crippen molar-refractivity contribution in [1.82, 2.24) is 29.8 Å². The van der Waals surface area contributed by atoms with E-state index in [1.54, 1.807) is 47.6 Å². The van der Waals surface area contributed by atoms with E-state index in [0.29, 0.717) is 16.7 Å². The maximum absolute atomic E-state index is 12.9. The van der Waals surface area contributed by atoms with Gasteiger partial charge in [0.2, 0.25) is 11.4 Å². The monoisotopic (exact) mass is 408 g/mol. The van der Waals surface area contributed by atoms with Gasteiger partial charge in [-0.05, 0) is 49.1 Å². The van der Waals surface area contributed by atoms with Crippen LogP contribution < -0.4 is 10.7 Å². The third-order valence-electron chi connectivity index (χ3n) is 4.77. The normalized spacial score (nSPS) is 12.8. The summed E-state index contributed by atoms with van der Waals surface area (Å²) >= 11 is 0. The van der Waals surface area contributed by atoms with Gasteiger partial charge >= 0.3 is 0 Å². The van der Waals surface area contributed by atoms with Gasteiger partial charge in [0.15, 0.2) is 5.65 Å². The summed E-state index contributed by atoms with van der Waals surface area (Å²) in [4.78, 5) is 42.7. The Morgan fingerprint density at radius 1 is 1.06 bits per heavy atom. The van der Waals surface area contributed by atoms with Gasteiger partial charge in [-0.1, -0.05) is 5.92 Å². The predicted octanol–water partition coefficient (Wildman–Crippen LogP) is 1.86. The van der Waals surface area contributed by atoms with Crippen LogP contribution in [-0.2, 0) is 0 Å². The maximum atomic E-state index is 12.9. The second-order valence-electron chi connectivity index (χ2n) is 7.10. The molecule has 31 heavy (non-hydrogen) atoms. The minimum atomic E-state index is -0.403. The Morgan fingerprint density at radius 2 is 1.94 bits per heavy atom. The predicted molar refractivity (Wildman–Crippen MR) is 114 cm³/mol. The van der Waals surface area contributed by atoms with Crippen LogP contribution in [0.4, 0.5) is 0 Å². The summed E-state index contributed by atoms with van der Waals surface area (Å²) in [5, 5.41) is 3.18. The molecule has 1 saturated carbocycles. The lowest BCUT2D eigenvalue weighted by molar-refractivity contribution is 0.0949. The quantitative estimate of drug-likeness (QED) is 0.519. The number of carbonyl (C=O) groups excluding carboxylic acids is 1. The van der Waals surface area contributed by atoms with Gasteiger partial charge in [0.05, 0.1) is 5.39 Å². The van der Waals surface area contributed by atoms with E-state index in [-0.39, 0.29) is 23.0 Å². The Labute approximate surface area is 177 Å². The van der Waals surface area contributed by atoms with Gasteiger partial charge in [0, 0.05) is 42.6 Å². The molecule has 0 unspecified atom stereocenters. The summed E-state index contributed by atoms with van der Waals surface area (Å²) in [6.45, 7) is 0. The molecule has 0 aliphatic heterocycles. The van der Waals surface area contributed by atoms with Crippen LogP contribution in [0.3, 0.4) is 0 Å². The number of amides is 1. The van der Waals surface area contributed by atoms with E-state index in [9.17, 15) is 9.59 Å². The Balaban J connectivity index is 1.61. The summed E-state index contributed by atoms with van der Waals surface area (Å²) in [5.41, 5.74) is 1.28. The molecule has 0 saturated heterocycles. The van der Waals surface area contributed by atoms with Crippen molar-refractivity contribution in [2.45, 2.75) is 18.9 Å². The van der Waals surface area contributed by atoms with Crippen molar-refractivity contribution < 1.29 is 4.79 Å². The summed E-state index contributed by atoms with van der Waals surface area (Å²) in [5.74, 6) is 5.85. The van der Waals surface area contributed by atoms with Gasteiger partial charge in [0.25, 0.3) is 5.91 Å². The van der Waals surface area contributed by atoms with Crippen molar-refractivity contribution in [3.05, 3.63) is 88.4 Å². The minimum Gasteiger partial charge on any atom is -0.349 e. The highest BCUT2D eigenvalue weighted by Crippen LogP contribution is 2.19. The molecule has 0 radical (unpaired) electrons. The molecule has 0 bridgehead atoms. The van der Waals surface area contributed by atoms with Gasteiger partial charge in [-0.25, -0.2) is 15.0 Å². The van der Waals surface area contributed by atoms with Gasteiger partial charge in [-0.2, -0.15) is 0 Å². The Kier molecular flexibility index (Phi) is 4.69. The molecule has 1 aliphatic carbocycles. The summed E-state index contributed by atoms with van der Waals surface area (Å²) in [6, 6.07) is 8.78. The first-order valence-corrected chi connectivity index (χ1v) is 9.76. The van der Waals surface area contributed by atoms with Gasteiger partial charge in [-0.15, -0.1) is 0 Å². The Morgan fingerprint density at radius 3 is 2.74 bits per heavy atom. The van der Waals surface area contributed by atoms with E-state index < -0.39 is 5.91 Å². The Bertz CT molecular complexity index is 1410. The standard InChI is InChI=1S/C23H16N6O2/c30-20-18-4-2-11-25-21(18)29(14-19(20)22(31)27-16-7-8-16)23-26-12-9-17(28-23)6-5-15-3-1-10-24-13-15/h1-4,9-14,16H,7-8H2,(H,27,31). The average molecular weight is 408 g/mol. The lowest BCUT2D eigenvalue weighted by atomic mass is 10.2. The largest absolute Gasteiger partial charge is 0.349 e. The lowest BCUT2D eigenvalue weighted by Gasteiger charge is -2.11. The van der Waals surface area contributed by atoms with Crippen LogP contribution in [0.15, 0.2) is 66.1 Å². The summed E-state index contributed by atoms with van der Waals surface area (Å²) < 4.78 is 1.55. The molecule has 4 aromatic heterocycles. The van der Waals surface area contributed by atoms with Crippen molar-refractivity contribution in [3.63, 3.8) is 0 Å². The molecular formula is C23H16N6O2. The number of pyridine rings is 3. The zero-order valence-corrected chi connectivity index (χ0v) is 16.3. The van der Waals surface area contributed by atoms with E-state index in [0.717, 1.165) is 18.4 Å². The molecule has 5 rings (SSSR count). The highest BCUT2D eigenvalue weighted by molar-refractivity contribution is 5.97. The topological polar surface area (TPSA) is 103 Å². The number of aromatic nitrogens is 5. The molecule has 8 heteroatoms. The first kappa shape index (κ1) is 18.6. The highest BCUT2D eigenvalue weighted by Gasteiger charge is 2.26. The molecule has 4 heterocycles. The number of rotatable bonds is 3. The van der Waals surface area contributed by atoms with E-state index in [2.05, 4.69) is 37.1 Å². The van der Waals surface area contributed by atoms with Crippen molar-refractivity contribution in [3.8, 4) is 17.8 Å². The third kappa shape index (κ3) is 3.89. The average Bonchev–Trinajstić information content (AvgIpc) is 3.63. The van der Waals surface area contributed by atoms with Crippen molar-refractivity contribution in [2.75, 3.05) is 0 Å². The van der Waals surface area contributed by atoms with E-state index in [1.165, 1.54) is 6.20 Å². The van der Waals surface area contributed by atoms with Crippen molar-refractivity contribution >= 4 is 16.9 Å². The van der Waals surface area contributed by atoms with E-state index in [4.69, 9.17) is 0 Å². The van der Waals surface area contributed by atoms with Crippen molar-refractivity contribution in [2.24, 2.45) is 0 Å². The second-order valence-corrected chi connectivity index (χ2v) is 7.10. The molecule has 1 N–H and O–H groups in total. The van der Waals surface area contributed by atoms with Crippen LogP contribution >= 0.6 is 0 Å². The van der Waals surface area contributed by atoms with Crippen LogP contribution in [-0.4, -0.2) is 36.5 Å². The maximum Gasteiger partial charge on any atom is 0.257 e. The Hall–Kier alpha value is -4.38. The van der Waals surface area contributed by atoms with E-state index >= 15 is 0 Å². The molecule has 0 spiro atoms. The zero-order valence-electron chi connectivity index (χ0n) is 16.3. The molecule has 0 atom stereocenters. The van der Waals surface area contributed by atoms with E-state index in [1.807, 2.05) is 12.1 Å². The van der Waals surface area contributed by atoms with Crippen molar-refractivity contribution in [1.29, 1.82) is 0 Å². The second kappa shape index (κ2) is 7.80. The number of hydrogen-bond donors (Lipinski definition) is 1. The molecule has 4 aromatic rings. The van der Waals surface area contributed by atoms with Gasteiger partial charge in [-0.3, -0.25) is 19.1 Å². The fourth-order valence-electron chi connectivity index (χ4n) is 3.07. The van der Waals surface area contributed by atoms with Crippen LogP contribution in [0.5, 0.6) is 0 Å². The zero-order chi connectivity index (χ0) is 21.2. The fraction of sp³-hybridized carbons (Fsp3) is 0.130. The SMILES string of the molecule is O=C(NC1CC1)c1cn(-c2nccc(C#Cc3cccnc3)n2)c2ncccc2c1=O. The molecule has 1 fully saturated rings. The molecule has 150 valence electrons. The number of nitrogens with zero attached hydrogens (tertiary/aromatic N) is 5. The first-order valence-electron chi connectivity index (χ1n) is 9.76. The number of hydrogen-bond acceptors (Lipinski definition) is 6. The fourth-order valence-corrected chi connectivity index (χ4v) is 3.07. The molecule has 8 nitrogen and oxygen atoms in total. The number of fused-ring (bicyclic) bond motifs is 1.